The molecule has 3 N–H and O–H groups in total. The molecule has 3 aromatic carbocycles. The molecule has 1 atom stereocenters. The summed E-state index contributed by atoms with van der Waals surface area (Å²) in [5.74, 6) is 0.484. The Kier molecular flexibility index (Phi) is 7.53. The number of carbonyl (C=O) groups is 1. The van der Waals surface area contributed by atoms with Crippen molar-refractivity contribution < 1.29 is 4.79 Å². The molecule has 0 aliphatic heterocycles. The van der Waals surface area contributed by atoms with Gasteiger partial charge in [-0.3, -0.25) is 9.36 Å². The van der Waals surface area contributed by atoms with Gasteiger partial charge in [0.2, 0.25) is 0 Å². The van der Waals surface area contributed by atoms with Gasteiger partial charge in [0.15, 0.2) is 11.0 Å². The summed E-state index contributed by atoms with van der Waals surface area (Å²) in [4.78, 5) is 16.0. The largest absolute Gasteiger partial charge is 0.378 e. The van der Waals surface area contributed by atoms with Gasteiger partial charge in [0, 0.05) is 39.1 Å². The predicted molar refractivity (Wildman–Crippen MR) is 149 cm³/mol. The summed E-state index contributed by atoms with van der Waals surface area (Å²) in [7, 11) is 0. The standard InChI is InChI=1S/C27H24ClN7OS/c1-18(26(36)33-31-16-19-15-30-24-10-6-5-9-23(19)24)37-27-34-32-25(35(27)22-7-3-2-4-8-22)17-29-21-13-11-20(28)12-14-21/h2-16,18,29-30H,17H2,1H3,(H,33,36)/b31-16+. The summed E-state index contributed by atoms with van der Waals surface area (Å²) in [6.45, 7) is 2.26. The van der Waals surface area contributed by atoms with Crippen molar-refractivity contribution in [3.05, 3.63) is 101 Å². The summed E-state index contributed by atoms with van der Waals surface area (Å²) >= 11 is 7.31. The van der Waals surface area contributed by atoms with Crippen molar-refractivity contribution in [3.63, 3.8) is 0 Å². The fraction of sp³-hybridized carbons (Fsp3) is 0.111. The molecule has 2 aromatic heterocycles. The molecule has 0 saturated carbocycles. The highest BCUT2D eigenvalue weighted by atomic mass is 35.5. The molecule has 0 spiro atoms. The maximum Gasteiger partial charge on any atom is 0.253 e. The SMILES string of the molecule is CC(Sc1nnc(CNc2ccc(Cl)cc2)n1-c1ccccc1)C(=O)N/N=C/c1c[nH]c2ccccc12. The number of hydrazone groups is 1. The van der Waals surface area contributed by atoms with E-state index in [0.29, 0.717) is 22.5 Å². The molecule has 8 nitrogen and oxygen atoms in total. The van der Waals surface area contributed by atoms with Crippen LogP contribution in [0.1, 0.15) is 18.3 Å². The number of benzene rings is 3. The second kappa shape index (κ2) is 11.3. The first-order valence-corrected chi connectivity index (χ1v) is 12.9. The molecule has 186 valence electrons. The maximum atomic E-state index is 12.8. The maximum absolute atomic E-state index is 12.8. The molecular weight excluding hydrogens is 506 g/mol. The third-order valence-electron chi connectivity index (χ3n) is 5.66. The zero-order valence-electron chi connectivity index (χ0n) is 19.9. The lowest BCUT2D eigenvalue weighted by molar-refractivity contribution is -0.120. The molecule has 5 rings (SSSR count). The molecule has 37 heavy (non-hydrogen) atoms. The van der Waals surface area contributed by atoms with Crippen LogP contribution in [0.3, 0.4) is 0 Å². The van der Waals surface area contributed by atoms with E-state index in [1.165, 1.54) is 11.8 Å². The molecule has 0 aliphatic carbocycles. The number of anilines is 1. The highest BCUT2D eigenvalue weighted by Crippen LogP contribution is 2.26. The van der Waals surface area contributed by atoms with Crippen molar-refractivity contribution in [2.45, 2.75) is 23.9 Å². The number of thioether (sulfide) groups is 1. The molecule has 2 heterocycles. The first-order valence-electron chi connectivity index (χ1n) is 11.6. The molecule has 1 amide bonds. The Morgan fingerprint density at radius 3 is 2.65 bits per heavy atom. The predicted octanol–water partition coefficient (Wildman–Crippen LogP) is 5.65. The Hall–Kier alpha value is -4.08. The van der Waals surface area contributed by atoms with E-state index in [1.54, 1.807) is 6.21 Å². The minimum Gasteiger partial charge on any atom is -0.378 e. The van der Waals surface area contributed by atoms with E-state index in [0.717, 1.165) is 27.8 Å². The molecule has 0 bridgehead atoms. The molecule has 0 fully saturated rings. The van der Waals surface area contributed by atoms with Crippen molar-refractivity contribution in [2.24, 2.45) is 5.10 Å². The number of fused-ring (bicyclic) bond motifs is 1. The lowest BCUT2D eigenvalue weighted by atomic mass is 10.2. The van der Waals surface area contributed by atoms with Crippen molar-refractivity contribution in [3.8, 4) is 5.69 Å². The Balaban J connectivity index is 1.29. The lowest BCUT2D eigenvalue weighted by Crippen LogP contribution is -2.27. The highest BCUT2D eigenvalue weighted by molar-refractivity contribution is 8.00. The van der Waals surface area contributed by atoms with Crippen LogP contribution in [0.15, 0.2) is 95.3 Å². The normalized spacial score (nSPS) is 12.2. The van der Waals surface area contributed by atoms with Gasteiger partial charge in [-0.25, -0.2) is 5.43 Å². The summed E-state index contributed by atoms with van der Waals surface area (Å²) in [5, 5.41) is 18.2. The fourth-order valence-electron chi connectivity index (χ4n) is 3.75. The Morgan fingerprint density at radius 2 is 1.84 bits per heavy atom. The zero-order chi connectivity index (χ0) is 25.6. The molecule has 0 radical (unpaired) electrons. The van der Waals surface area contributed by atoms with E-state index in [-0.39, 0.29) is 5.91 Å². The molecule has 10 heteroatoms. The Bertz CT molecular complexity index is 1530. The number of amides is 1. The number of halogens is 1. The number of carbonyl (C=O) groups excluding carboxylic acids is 1. The monoisotopic (exact) mass is 529 g/mol. The smallest absolute Gasteiger partial charge is 0.253 e. The van der Waals surface area contributed by atoms with Crippen molar-refractivity contribution >= 4 is 52.1 Å². The topological polar surface area (TPSA) is 100.0 Å². The minimum atomic E-state index is -0.455. The number of hydrogen-bond donors (Lipinski definition) is 3. The average Bonchev–Trinajstić information content (AvgIpc) is 3.52. The van der Waals surface area contributed by atoms with E-state index in [9.17, 15) is 4.79 Å². The van der Waals surface area contributed by atoms with Gasteiger partial charge in [-0.05, 0) is 49.4 Å². The lowest BCUT2D eigenvalue weighted by Gasteiger charge is -2.13. The van der Waals surface area contributed by atoms with E-state index in [4.69, 9.17) is 11.6 Å². The van der Waals surface area contributed by atoms with Crippen LogP contribution in [0.25, 0.3) is 16.6 Å². The quantitative estimate of drug-likeness (QED) is 0.130. The molecular formula is C27H24ClN7OS. The van der Waals surface area contributed by atoms with Gasteiger partial charge < -0.3 is 10.3 Å². The van der Waals surface area contributed by atoms with Crippen LogP contribution in [0.2, 0.25) is 5.02 Å². The second-order valence-corrected chi connectivity index (χ2v) is 9.96. The van der Waals surface area contributed by atoms with Gasteiger partial charge in [0.05, 0.1) is 18.0 Å². The first-order chi connectivity index (χ1) is 18.1. The van der Waals surface area contributed by atoms with Crippen LogP contribution in [0, 0.1) is 0 Å². The zero-order valence-corrected chi connectivity index (χ0v) is 21.5. The summed E-state index contributed by atoms with van der Waals surface area (Å²) < 4.78 is 1.95. The molecule has 5 aromatic rings. The average molecular weight is 530 g/mol. The number of aromatic amines is 1. The molecule has 1 unspecified atom stereocenters. The van der Waals surface area contributed by atoms with E-state index in [1.807, 2.05) is 96.6 Å². The summed E-state index contributed by atoms with van der Waals surface area (Å²) in [5.41, 5.74) is 6.38. The van der Waals surface area contributed by atoms with E-state index in [2.05, 4.69) is 31.0 Å². The highest BCUT2D eigenvalue weighted by Gasteiger charge is 2.21. The van der Waals surface area contributed by atoms with Crippen LogP contribution >= 0.6 is 23.4 Å². The van der Waals surface area contributed by atoms with Gasteiger partial charge in [-0.2, -0.15) is 5.10 Å². The van der Waals surface area contributed by atoms with Crippen molar-refractivity contribution in [1.82, 2.24) is 25.2 Å². The summed E-state index contributed by atoms with van der Waals surface area (Å²) in [6.07, 6.45) is 3.50. The third kappa shape index (κ3) is 5.84. The van der Waals surface area contributed by atoms with Crippen molar-refractivity contribution in [2.75, 3.05) is 5.32 Å². The number of para-hydroxylation sites is 2. The van der Waals surface area contributed by atoms with Crippen LogP contribution < -0.4 is 10.7 Å². The van der Waals surface area contributed by atoms with Crippen LogP contribution in [0.5, 0.6) is 0 Å². The number of nitrogens with one attached hydrogen (secondary N) is 3. The van der Waals surface area contributed by atoms with E-state index >= 15 is 0 Å². The van der Waals surface area contributed by atoms with Gasteiger partial charge in [0.1, 0.15) is 0 Å². The second-order valence-electron chi connectivity index (χ2n) is 8.21. The van der Waals surface area contributed by atoms with Gasteiger partial charge in [-0.15, -0.1) is 10.2 Å². The summed E-state index contributed by atoms with van der Waals surface area (Å²) in [6, 6.07) is 25.2. The van der Waals surface area contributed by atoms with Crippen LogP contribution in [0.4, 0.5) is 5.69 Å². The van der Waals surface area contributed by atoms with Crippen molar-refractivity contribution in [1.29, 1.82) is 0 Å². The number of rotatable bonds is 9. The van der Waals surface area contributed by atoms with Gasteiger partial charge >= 0.3 is 0 Å². The molecule has 0 aliphatic rings. The number of nitrogens with zero attached hydrogens (tertiary/aromatic N) is 4. The van der Waals surface area contributed by atoms with E-state index < -0.39 is 5.25 Å². The van der Waals surface area contributed by atoms with Gasteiger partial charge in [-0.1, -0.05) is 59.8 Å². The van der Waals surface area contributed by atoms with Crippen LogP contribution in [-0.2, 0) is 11.3 Å². The molecule has 0 saturated heterocycles. The Morgan fingerprint density at radius 1 is 1.08 bits per heavy atom. The fourth-order valence-corrected chi connectivity index (χ4v) is 4.75. The van der Waals surface area contributed by atoms with Gasteiger partial charge in [0.25, 0.3) is 5.91 Å². The van der Waals surface area contributed by atoms with Crippen LogP contribution in [-0.4, -0.2) is 37.1 Å². The first kappa shape index (κ1) is 24.6. The number of hydrogen-bond acceptors (Lipinski definition) is 6. The number of H-pyrrole nitrogens is 1. The third-order valence-corrected chi connectivity index (χ3v) is 6.96. The Labute approximate surface area is 223 Å². The minimum absolute atomic E-state index is 0.232. The number of aromatic nitrogens is 4.